The molecule has 16 heteroatoms. The Morgan fingerprint density at radius 1 is 0.569 bits per heavy atom. The second-order valence-corrected chi connectivity index (χ2v) is 14.6. The molecule has 10 aromatic rings. The maximum Gasteiger partial charge on any atom is 0.488 e. The molecule has 0 spiro atoms. The molecule has 6 aromatic heterocycles. The molecule has 0 saturated heterocycles. The van der Waals surface area contributed by atoms with Crippen LogP contribution in [0.25, 0.3) is 77.8 Å². The first-order valence-electron chi connectivity index (χ1n) is 17.6. The van der Waals surface area contributed by atoms with Gasteiger partial charge in [-0.15, -0.1) is 0 Å². The van der Waals surface area contributed by atoms with Crippen LogP contribution >= 0.6 is 39.1 Å². The van der Waals surface area contributed by atoms with Crippen molar-refractivity contribution in [3.63, 3.8) is 0 Å². The molecule has 6 heterocycles. The number of pyridine rings is 4. The molecule has 284 valence electrons. The standard InChI is InChI=1S/C21H13ClN4O.C14H9BrN2O.C7H6BClN2O2/c22-16-9-14(10-17-20(16)24-11-23-17)15-8-13-6-7-18(27)25-21(13)26-19(15)12-4-2-1-3-5-12;15-11-8-10-6-7-12(18)16-14(10)17-13(11)9-4-2-1-3-5-9;9-5-1-4(8(12)13)2-6-7(5)11-3-10-6/h1-11H,(H,23,24)(H,25,26,27);1-8H,(H,16,17,18);1-3,12-13H,(H,10,11). The predicted octanol–water partition coefficient (Wildman–Crippen LogP) is 8.04. The van der Waals surface area contributed by atoms with Gasteiger partial charge in [0.05, 0.1) is 45.1 Å². The number of fused-ring (bicyclic) bond motifs is 4. The molecule has 0 atom stereocenters. The van der Waals surface area contributed by atoms with Crippen molar-refractivity contribution < 1.29 is 10.0 Å². The monoisotopic (exact) mass is 868 g/mol. The Morgan fingerprint density at radius 2 is 1.09 bits per heavy atom. The molecule has 0 fully saturated rings. The van der Waals surface area contributed by atoms with Crippen LogP contribution < -0.4 is 16.6 Å². The zero-order chi connectivity index (χ0) is 40.3. The lowest BCUT2D eigenvalue weighted by atomic mass is 9.80. The average Bonchev–Trinajstić information content (AvgIpc) is 3.92. The van der Waals surface area contributed by atoms with Gasteiger partial charge in [-0.1, -0.05) is 83.9 Å². The van der Waals surface area contributed by atoms with E-state index in [9.17, 15) is 9.59 Å². The van der Waals surface area contributed by atoms with E-state index in [0.29, 0.717) is 37.8 Å². The van der Waals surface area contributed by atoms with E-state index >= 15 is 0 Å². The van der Waals surface area contributed by atoms with Crippen LogP contribution in [0.1, 0.15) is 0 Å². The van der Waals surface area contributed by atoms with E-state index in [0.717, 1.165) is 59.9 Å². The van der Waals surface area contributed by atoms with Crippen molar-refractivity contribution in [3.8, 4) is 33.6 Å². The lowest BCUT2D eigenvalue weighted by molar-refractivity contribution is 0.426. The Bertz CT molecular complexity index is 3210. The number of aromatic amines is 4. The summed E-state index contributed by atoms with van der Waals surface area (Å²) in [7, 11) is -1.51. The van der Waals surface area contributed by atoms with E-state index in [1.54, 1.807) is 24.5 Å². The molecule has 0 unspecified atom stereocenters. The van der Waals surface area contributed by atoms with Gasteiger partial charge in [-0.3, -0.25) is 9.59 Å². The molecule has 0 saturated carbocycles. The number of nitrogens with zero attached hydrogens (tertiary/aromatic N) is 4. The van der Waals surface area contributed by atoms with Gasteiger partial charge in [0.2, 0.25) is 11.1 Å². The second-order valence-electron chi connectivity index (χ2n) is 12.9. The topological polar surface area (TPSA) is 189 Å². The van der Waals surface area contributed by atoms with Crippen LogP contribution in [0.5, 0.6) is 0 Å². The minimum absolute atomic E-state index is 0.142. The molecule has 0 aliphatic heterocycles. The Balaban J connectivity index is 0.000000131. The Hall–Kier alpha value is -6.42. The maximum atomic E-state index is 11.7. The third-order valence-corrected chi connectivity index (χ3v) is 10.2. The van der Waals surface area contributed by atoms with Gasteiger partial charge in [0, 0.05) is 44.1 Å². The first kappa shape index (κ1) is 38.5. The van der Waals surface area contributed by atoms with E-state index in [-0.39, 0.29) is 11.1 Å². The van der Waals surface area contributed by atoms with Crippen LogP contribution in [0.15, 0.2) is 148 Å². The SMILES string of the molecule is O=c1ccc2cc(-c3cc(Cl)c4nc[nH]c4c3)c(-c3ccccc3)nc2[nH]1.O=c1ccc2cc(Br)c(-c3ccccc3)nc2[nH]1.OB(O)c1cc(Cl)c2nc[nH]c2c1. The summed E-state index contributed by atoms with van der Waals surface area (Å²) in [6.45, 7) is 0. The summed E-state index contributed by atoms with van der Waals surface area (Å²) in [4.78, 5) is 52.0. The summed E-state index contributed by atoms with van der Waals surface area (Å²) in [5, 5.41) is 20.5. The molecule has 4 aromatic carbocycles. The predicted molar refractivity (Wildman–Crippen MR) is 234 cm³/mol. The molecule has 0 amide bonds. The highest BCUT2D eigenvalue weighted by molar-refractivity contribution is 9.10. The lowest BCUT2D eigenvalue weighted by Gasteiger charge is -2.12. The summed E-state index contributed by atoms with van der Waals surface area (Å²) in [6, 6.07) is 37.2. The highest BCUT2D eigenvalue weighted by atomic mass is 79.9. The second kappa shape index (κ2) is 16.6. The molecule has 10 rings (SSSR count). The van der Waals surface area contributed by atoms with Crippen molar-refractivity contribution in [3.05, 3.63) is 169 Å². The summed E-state index contributed by atoms with van der Waals surface area (Å²) >= 11 is 15.8. The number of H-pyrrole nitrogens is 4. The van der Waals surface area contributed by atoms with Crippen LogP contribution in [-0.4, -0.2) is 57.0 Å². The van der Waals surface area contributed by atoms with Crippen LogP contribution in [0.2, 0.25) is 10.0 Å². The molecular formula is C42H28BBrCl2N8O4. The molecule has 0 radical (unpaired) electrons. The number of hydrogen-bond acceptors (Lipinski definition) is 8. The third-order valence-electron chi connectivity index (χ3n) is 9.05. The Kier molecular flexibility index (Phi) is 11.0. The summed E-state index contributed by atoms with van der Waals surface area (Å²) < 4.78 is 0.910. The first-order chi connectivity index (χ1) is 28.1. The van der Waals surface area contributed by atoms with Crippen LogP contribution in [0, 0.1) is 0 Å². The zero-order valence-electron chi connectivity index (χ0n) is 29.9. The normalized spacial score (nSPS) is 11.0. The molecule has 0 bridgehead atoms. The molecule has 0 aliphatic carbocycles. The molecule has 0 aliphatic rings. The number of benzene rings is 4. The van der Waals surface area contributed by atoms with Gasteiger partial charge < -0.3 is 30.0 Å². The van der Waals surface area contributed by atoms with E-state index < -0.39 is 7.12 Å². The summed E-state index contributed by atoms with van der Waals surface area (Å²) in [5.74, 6) is 0. The number of halogens is 3. The van der Waals surface area contributed by atoms with Gasteiger partial charge in [-0.05, 0) is 75.5 Å². The fourth-order valence-electron chi connectivity index (χ4n) is 6.31. The van der Waals surface area contributed by atoms with Crippen molar-refractivity contribution in [2.45, 2.75) is 0 Å². The quantitative estimate of drug-likeness (QED) is 0.0959. The van der Waals surface area contributed by atoms with Crippen molar-refractivity contribution in [2.75, 3.05) is 0 Å². The number of aromatic nitrogens is 8. The fraction of sp³-hybridized carbons (Fsp3) is 0. The highest BCUT2D eigenvalue weighted by Crippen LogP contribution is 2.36. The van der Waals surface area contributed by atoms with Gasteiger partial charge in [-0.2, -0.15) is 0 Å². The Morgan fingerprint density at radius 3 is 1.67 bits per heavy atom. The zero-order valence-corrected chi connectivity index (χ0v) is 33.0. The minimum atomic E-state index is -1.51. The Labute approximate surface area is 346 Å². The van der Waals surface area contributed by atoms with Gasteiger partial charge >= 0.3 is 7.12 Å². The molecule has 6 N–H and O–H groups in total. The van der Waals surface area contributed by atoms with Gasteiger partial charge in [-0.25, -0.2) is 19.9 Å². The van der Waals surface area contributed by atoms with Gasteiger partial charge in [0.1, 0.15) is 22.3 Å². The molecular weight excluding hydrogens is 842 g/mol. The molecule has 12 nitrogen and oxygen atoms in total. The van der Waals surface area contributed by atoms with Crippen molar-refractivity contribution in [2.24, 2.45) is 0 Å². The van der Waals surface area contributed by atoms with Crippen LogP contribution in [-0.2, 0) is 0 Å². The van der Waals surface area contributed by atoms with Gasteiger partial charge in [0.25, 0.3) is 0 Å². The third kappa shape index (κ3) is 8.18. The van der Waals surface area contributed by atoms with E-state index in [1.165, 1.54) is 24.5 Å². The lowest BCUT2D eigenvalue weighted by Crippen LogP contribution is -2.29. The number of hydrogen-bond donors (Lipinski definition) is 6. The van der Waals surface area contributed by atoms with E-state index in [2.05, 4.69) is 50.8 Å². The van der Waals surface area contributed by atoms with Crippen molar-refractivity contribution in [1.29, 1.82) is 0 Å². The fourth-order valence-corrected chi connectivity index (χ4v) is 7.42. The summed E-state index contributed by atoms with van der Waals surface area (Å²) in [6.07, 6.45) is 3.13. The number of rotatable bonds is 4. The van der Waals surface area contributed by atoms with Crippen molar-refractivity contribution in [1.82, 2.24) is 39.9 Å². The van der Waals surface area contributed by atoms with Gasteiger partial charge in [0.15, 0.2) is 0 Å². The van der Waals surface area contributed by atoms with E-state index in [4.69, 9.17) is 38.2 Å². The van der Waals surface area contributed by atoms with Crippen LogP contribution in [0.4, 0.5) is 0 Å². The number of imidazole rings is 2. The smallest absolute Gasteiger partial charge is 0.423 e. The highest BCUT2D eigenvalue weighted by Gasteiger charge is 2.16. The van der Waals surface area contributed by atoms with Crippen molar-refractivity contribution >= 4 is 95.8 Å². The first-order valence-corrected chi connectivity index (χ1v) is 19.1. The number of nitrogens with one attached hydrogen (secondary N) is 4. The summed E-state index contributed by atoms with van der Waals surface area (Å²) in [5.41, 5.74) is 9.53. The average molecular weight is 870 g/mol. The largest absolute Gasteiger partial charge is 0.488 e. The maximum absolute atomic E-state index is 11.7. The minimum Gasteiger partial charge on any atom is -0.423 e. The van der Waals surface area contributed by atoms with E-state index in [1.807, 2.05) is 84.9 Å². The molecule has 58 heavy (non-hydrogen) atoms. The van der Waals surface area contributed by atoms with Crippen LogP contribution in [0.3, 0.4) is 0 Å².